The Morgan fingerprint density at radius 1 is 1.24 bits per heavy atom. The van der Waals surface area contributed by atoms with Crippen molar-refractivity contribution in [1.82, 2.24) is 10.2 Å². The Morgan fingerprint density at radius 3 is 2.38 bits per heavy atom. The average Bonchev–Trinajstić information content (AvgIpc) is 2.76. The van der Waals surface area contributed by atoms with Crippen molar-refractivity contribution >= 4 is 17.5 Å². The predicted octanol–water partition coefficient (Wildman–Crippen LogP) is 3.98. The van der Waals surface area contributed by atoms with Crippen LogP contribution in [0.15, 0.2) is 24.3 Å². The number of carbonyl (C=O) groups excluding carboxylic acids is 1. The summed E-state index contributed by atoms with van der Waals surface area (Å²) in [4.78, 5) is 14.7. The number of hydrogen-bond donors (Lipinski definition) is 1. The van der Waals surface area contributed by atoms with E-state index in [2.05, 4.69) is 33.0 Å². The molecule has 1 aromatic rings. The Bertz CT molecular complexity index is 486. The molecule has 1 saturated heterocycles. The van der Waals surface area contributed by atoms with Gasteiger partial charge in [0.1, 0.15) is 6.17 Å². The van der Waals surface area contributed by atoms with E-state index in [1.807, 2.05) is 29.2 Å². The maximum absolute atomic E-state index is 12.7. The minimum atomic E-state index is -0.0723. The van der Waals surface area contributed by atoms with Crippen molar-refractivity contribution in [3.05, 3.63) is 34.9 Å². The van der Waals surface area contributed by atoms with Crippen LogP contribution < -0.4 is 5.32 Å². The second-order valence-electron chi connectivity index (χ2n) is 6.19. The highest BCUT2D eigenvalue weighted by atomic mass is 35.5. The van der Waals surface area contributed by atoms with Crippen molar-refractivity contribution in [1.29, 1.82) is 0 Å². The Morgan fingerprint density at radius 2 is 1.86 bits per heavy atom. The SMILES string of the molecule is CCCC1NC(c2ccc(Cl)cc2)N(C(C)C(C)C)C1=O. The first-order valence-electron chi connectivity index (χ1n) is 7.79. The molecule has 21 heavy (non-hydrogen) atoms. The van der Waals surface area contributed by atoms with Gasteiger partial charge >= 0.3 is 0 Å². The number of nitrogens with zero attached hydrogens (tertiary/aromatic N) is 1. The normalized spacial score (nSPS) is 23.9. The zero-order chi connectivity index (χ0) is 15.6. The topological polar surface area (TPSA) is 32.3 Å². The summed E-state index contributed by atoms with van der Waals surface area (Å²) in [6.07, 6.45) is 1.83. The fourth-order valence-electron chi connectivity index (χ4n) is 2.80. The van der Waals surface area contributed by atoms with Gasteiger partial charge in [-0.2, -0.15) is 0 Å². The lowest BCUT2D eigenvalue weighted by molar-refractivity contribution is -0.133. The van der Waals surface area contributed by atoms with Gasteiger partial charge in [0, 0.05) is 11.1 Å². The van der Waals surface area contributed by atoms with E-state index in [0.717, 1.165) is 23.4 Å². The third kappa shape index (κ3) is 3.41. The summed E-state index contributed by atoms with van der Waals surface area (Å²) in [5, 5.41) is 4.22. The van der Waals surface area contributed by atoms with E-state index in [4.69, 9.17) is 11.6 Å². The summed E-state index contributed by atoms with van der Waals surface area (Å²) in [5.41, 5.74) is 1.10. The van der Waals surface area contributed by atoms with Crippen LogP contribution in [0.25, 0.3) is 0 Å². The Kier molecular flexibility index (Phi) is 5.28. The monoisotopic (exact) mass is 308 g/mol. The largest absolute Gasteiger partial charge is 0.319 e. The quantitative estimate of drug-likeness (QED) is 0.892. The highest BCUT2D eigenvalue weighted by molar-refractivity contribution is 6.30. The van der Waals surface area contributed by atoms with Gasteiger partial charge in [0.25, 0.3) is 0 Å². The molecule has 1 heterocycles. The van der Waals surface area contributed by atoms with Gasteiger partial charge in [-0.1, -0.05) is 50.9 Å². The summed E-state index contributed by atoms with van der Waals surface area (Å²) in [6, 6.07) is 7.90. The fraction of sp³-hybridized carbons (Fsp3) is 0.588. The molecule has 3 nitrogen and oxygen atoms in total. The van der Waals surface area contributed by atoms with E-state index in [1.165, 1.54) is 0 Å². The van der Waals surface area contributed by atoms with Gasteiger partial charge in [0.2, 0.25) is 5.91 Å². The second kappa shape index (κ2) is 6.80. The lowest BCUT2D eigenvalue weighted by Gasteiger charge is -2.33. The molecule has 2 rings (SSSR count). The van der Waals surface area contributed by atoms with Crippen LogP contribution in [-0.4, -0.2) is 22.9 Å². The van der Waals surface area contributed by atoms with Gasteiger partial charge in [-0.3, -0.25) is 10.1 Å². The van der Waals surface area contributed by atoms with Crippen molar-refractivity contribution in [2.75, 3.05) is 0 Å². The maximum atomic E-state index is 12.7. The van der Waals surface area contributed by atoms with Gasteiger partial charge in [0.05, 0.1) is 6.04 Å². The van der Waals surface area contributed by atoms with Gasteiger partial charge in [-0.05, 0) is 37.0 Å². The van der Waals surface area contributed by atoms with Gasteiger partial charge < -0.3 is 4.90 Å². The van der Waals surface area contributed by atoms with Crippen molar-refractivity contribution in [3.63, 3.8) is 0 Å². The number of nitrogens with one attached hydrogen (secondary N) is 1. The van der Waals surface area contributed by atoms with Crippen LogP contribution >= 0.6 is 11.6 Å². The molecule has 1 fully saturated rings. The molecule has 1 N–H and O–H groups in total. The number of benzene rings is 1. The van der Waals surface area contributed by atoms with Crippen LogP contribution in [0.5, 0.6) is 0 Å². The molecule has 1 aliphatic rings. The Labute approximate surface area is 132 Å². The Balaban J connectivity index is 2.31. The molecule has 0 spiro atoms. The molecule has 3 unspecified atom stereocenters. The fourth-order valence-corrected chi connectivity index (χ4v) is 2.93. The van der Waals surface area contributed by atoms with Crippen LogP contribution in [0.1, 0.15) is 52.3 Å². The van der Waals surface area contributed by atoms with Gasteiger partial charge in [-0.15, -0.1) is 0 Å². The van der Waals surface area contributed by atoms with Crippen molar-refractivity contribution in [3.8, 4) is 0 Å². The number of rotatable bonds is 5. The van der Waals surface area contributed by atoms with E-state index >= 15 is 0 Å². The van der Waals surface area contributed by atoms with E-state index in [1.54, 1.807) is 0 Å². The lowest BCUT2D eigenvalue weighted by Crippen LogP contribution is -2.41. The number of amides is 1. The summed E-state index contributed by atoms with van der Waals surface area (Å²) < 4.78 is 0. The Hall–Kier alpha value is -1.06. The van der Waals surface area contributed by atoms with Crippen molar-refractivity contribution < 1.29 is 4.79 Å². The van der Waals surface area contributed by atoms with Crippen molar-refractivity contribution in [2.45, 2.75) is 58.8 Å². The molecule has 0 bridgehead atoms. The van der Waals surface area contributed by atoms with Crippen molar-refractivity contribution in [2.24, 2.45) is 5.92 Å². The molecule has 0 saturated carbocycles. The predicted molar refractivity (Wildman–Crippen MR) is 87.2 cm³/mol. The molecule has 1 amide bonds. The smallest absolute Gasteiger partial charge is 0.241 e. The zero-order valence-electron chi connectivity index (χ0n) is 13.3. The number of halogens is 1. The molecule has 0 aromatic heterocycles. The standard InChI is InChI=1S/C17H25ClN2O/c1-5-6-15-17(21)20(12(4)11(2)3)16(19-15)13-7-9-14(18)10-8-13/h7-12,15-16,19H,5-6H2,1-4H3. The number of carbonyl (C=O) groups is 1. The summed E-state index contributed by atoms with van der Waals surface area (Å²) in [6.45, 7) is 8.55. The second-order valence-corrected chi connectivity index (χ2v) is 6.63. The van der Waals surface area contributed by atoms with Crippen LogP contribution in [0.2, 0.25) is 5.02 Å². The van der Waals surface area contributed by atoms with Gasteiger partial charge in [0.15, 0.2) is 0 Å². The molecule has 116 valence electrons. The van der Waals surface area contributed by atoms with Gasteiger partial charge in [-0.25, -0.2) is 0 Å². The van der Waals surface area contributed by atoms with E-state index in [0.29, 0.717) is 5.92 Å². The minimum absolute atomic E-state index is 0.0521. The summed E-state index contributed by atoms with van der Waals surface area (Å²) >= 11 is 5.97. The molecular formula is C17H25ClN2O. The zero-order valence-corrected chi connectivity index (χ0v) is 14.0. The molecule has 3 atom stereocenters. The highest BCUT2D eigenvalue weighted by Gasteiger charge is 2.41. The van der Waals surface area contributed by atoms with Crippen LogP contribution in [0.3, 0.4) is 0 Å². The first-order valence-corrected chi connectivity index (χ1v) is 8.17. The number of hydrogen-bond acceptors (Lipinski definition) is 2. The highest BCUT2D eigenvalue weighted by Crippen LogP contribution is 2.31. The third-order valence-corrected chi connectivity index (χ3v) is 4.61. The van der Waals surface area contributed by atoms with E-state index in [-0.39, 0.29) is 24.2 Å². The van der Waals surface area contributed by atoms with E-state index < -0.39 is 0 Å². The molecule has 1 aromatic carbocycles. The molecular weight excluding hydrogens is 284 g/mol. The first kappa shape index (κ1) is 16.3. The summed E-state index contributed by atoms with van der Waals surface area (Å²) in [7, 11) is 0. The average molecular weight is 309 g/mol. The summed E-state index contributed by atoms with van der Waals surface area (Å²) in [5.74, 6) is 0.643. The van der Waals surface area contributed by atoms with Crippen LogP contribution in [0, 0.1) is 5.92 Å². The maximum Gasteiger partial charge on any atom is 0.241 e. The minimum Gasteiger partial charge on any atom is -0.319 e. The molecule has 0 aliphatic carbocycles. The third-order valence-electron chi connectivity index (χ3n) is 4.36. The lowest BCUT2D eigenvalue weighted by atomic mass is 10.0. The molecule has 1 aliphatic heterocycles. The van der Waals surface area contributed by atoms with E-state index in [9.17, 15) is 4.79 Å². The molecule has 0 radical (unpaired) electrons. The van der Waals surface area contributed by atoms with Crippen LogP contribution in [0.4, 0.5) is 0 Å². The molecule has 4 heteroatoms. The van der Waals surface area contributed by atoms with Crippen LogP contribution in [-0.2, 0) is 4.79 Å². The first-order chi connectivity index (χ1) is 9.95.